The number of hydroxylamine groups is 1. The molecule has 1 heterocycles. The molecule has 0 radical (unpaired) electrons. The Labute approximate surface area is 197 Å². The fraction of sp³-hybridized carbons (Fsp3) is 0.417. The average molecular weight is 472 g/mol. The minimum Gasteiger partial charge on any atom is -0.462 e. The molecule has 2 amide bonds. The van der Waals surface area contributed by atoms with Gasteiger partial charge in [0.05, 0.1) is 43.1 Å². The highest BCUT2D eigenvalue weighted by atomic mass is 16.7. The summed E-state index contributed by atoms with van der Waals surface area (Å²) < 4.78 is 10.3. The Bertz CT molecular complexity index is 1010. The Morgan fingerprint density at radius 1 is 0.941 bits per heavy atom. The molecule has 182 valence electrons. The molecule has 0 spiro atoms. The number of hydrogen-bond acceptors (Lipinski definition) is 8. The third kappa shape index (κ3) is 4.96. The number of hydrazine groups is 1. The van der Waals surface area contributed by atoms with Gasteiger partial charge in [-0.25, -0.2) is 14.6 Å². The van der Waals surface area contributed by atoms with Crippen molar-refractivity contribution in [3.63, 3.8) is 0 Å². The third-order valence-electron chi connectivity index (χ3n) is 5.34. The molecule has 0 aromatic carbocycles. The zero-order chi connectivity index (χ0) is 24.8. The van der Waals surface area contributed by atoms with Crippen molar-refractivity contribution in [1.29, 1.82) is 0 Å². The SMILES string of the molecule is CCOC(=O)c1c2ccc(CC(=O)N(OCC)N3CCCC3=O)ccc-2c(C(=O)OCC)c1N. The molecular formula is C24H29N3O7. The van der Waals surface area contributed by atoms with Crippen LogP contribution in [-0.4, -0.2) is 60.3 Å². The van der Waals surface area contributed by atoms with Crippen LogP contribution in [0.15, 0.2) is 24.3 Å². The summed E-state index contributed by atoms with van der Waals surface area (Å²) in [5.74, 6) is -1.90. The standard InChI is InChI=1S/C24H29N3O7/c1-4-32-23(30)20-16-11-9-15(10-12-17(16)21(22(20)25)24(31)33-5-2)14-19(29)27(34-6-3)26-13-7-8-18(26)28/h9-12H,4-8,13-14,25H2,1-3H3. The van der Waals surface area contributed by atoms with Crippen LogP contribution in [0.25, 0.3) is 11.1 Å². The maximum Gasteiger partial charge on any atom is 0.340 e. The van der Waals surface area contributed by atoms with Crippen molar-refractivity contribution >= 4 is 29.4 Å². The largest absolute Gasteiger partial charge is 0.462 e. The van der Waals surface area contributed by atoms with E-state index >= 15 is 0 Å². The van der Waals surface area contributed by atoms with Crippen LogP contribution in [0.5, 0.6) is 0 Å². The number of carbonyl (C=O) groups is 4. The van der Waals surface area contributed by atoms with Gasteiger partial charge in [0.25, 0.3) is 5.91 Å². The second-order valence-electron chi connectivity index (χ2n) is 7.56. The Kier molecular flexibility index (Phi) is 8.06. The van der Waals surface area contributed by atoms with Crippen LogP contribution in [0, 0.1) is 0 Å². The third-order valence-corrected chi connectivity index (χ3v) is 5.34. The van der Waals surface area contributed by atoms with Gasteiger partial charge in [-0.05, 0) is 43.9 Å². The number of ether oxygens (including phenoxy) is 2. The van der Waals surface area contributed by atoms with Gasteiger partial charge in [0, 0.05) is 13.0 Å². The molecule has 0 aromatic rings. The summed E-state index contributed by atoms with van der Waals surface area (Å²) in [6.45, 7) is 5.98. The minimum absolute atomic E-state index is 0.00852. The normalized spacial score (nSPS) is 13.3. The zero-order valence-electron chi connectivity index (χ0n) is 19.6. The predicted octanol–water partition coefficient (Wildman–Crippen LogP) is 2.59. The first-order valence-corrected chi connectivity index (χ1v) is 11.3. The predicted molar refractivity (Wildman–Crippen MR) is 123 cm³/mol. The lowest BCUT2D eigenvalue weighted by Gasteiger charge is -2.29. The molecule has 1 fully saturated rings. The van der Waals surface area contributed by atoms with Gasteiger partial charge >= 0.3 is 11.9 Å². The van der Waals surface area contributed by atoms with Crippen LogP contribution in [0.1, 0.15) is 59.9 Å². The van der Waals surface area contributed by atoms with Crippen LogP contribution in [-0.2, 0) is 30.3 Å². The molecule has 10 heteroatoms. The quantitative estimate of drug-likeness (QED) is 0.437. The van der Waals surface area contributed by atoms with E-state index in [0.717, 1.165) is 5.17 Å². The van der Waals surface area contributed by atoms with Gasteiger partial charge in [-0.1, -0.05) is 24.3 Å². The molecule has 2 N–H and O–H groups in total. The van der Waals surface area contributed by atoms with Crippen molar-refractivity contribution in [2.45, 2.75) is 40.0 Å². The van der Waals surface area contributed by atoms with Crippen LogP contribution in [0.3, 0.4) is 0 Å². The van der Waals surface area contributed by atoms with E-state index < -0.39 is 17.8 Å². The van der Waals surface area contributed by atoms with E-state index in [4.69, 9.17) is 20.0 Å². The topological polar surface area (TPSA) is 128 Å². The van der Waals surface area contributed by atoms with E-state index in [2.05, 4.69) is 0 Å². The molecule has 0 unspecified atom stereocenters. The Balaban J connectivity index is 2.00. The summed E-state index contributed by atoms with van der Waals surface area (Å²) in [4.78, 5) is 55.8. The molecule has 1 aliphatic heterocycles. The van der Waals surface area contributed by atoms with E-state index in [1.165, 1.54) is 5.01 Å². The summed E-state index contributed by atoms with van der Waals surface area (Å²) in [6.07, 6.45) is 0.945. The molecule has 10 nitrogen and oxygen atoms in total. The number of nitrogens with two attached hydrogens (primary N) is 1. The van der Waals surface area contributed by atoms with Crippen molar-refractivity contribution in [2.75, 3.05) is 32.1 Å². The van der Waals surface area contributed by atoms with Gasteiger partial charge in [0.2, 0.25) is 5.91 Å². The number of nitrogens with zero attached hydrogens (tertiary/aromatic N) is 2. The van der Waals surface area contributed by atoms with Gasteiger partial charge in [0.15, 0.2) is 0 Å². The maximum absolute atomic E-state index is 13.0. The first-order chi connectivity index (χ1) is 16.3. The highest BCUT2D eigenvalue weighted by Crippen LogP contribution is 2.39. The van der Waals surface area contributed by atoms with E-state index in [0.29, 0.717) is 36.1 Å². The van der Waals surface area contributed by atoms with Crippen LogP contribution < -0.4 is 5.73 Å². The zero-order valence-corrected chi connectivity index (χ0v) is 19.6. The Morgan fingerprint density at radius 3 is 1.94 bits per heavy atom. The summed E-state index contributed by atoms with van der Waals surface area (Å²) in [7, 11) is 0. The fourth-order valence-corrected chi connectivity index (χ4v) is 3.90. The molecule has 1 saturated heterocycles. The van der Waals surface area contributed by atoms with Crippen molar-refractivity contribution in [1.82, 2.24) is 10.2 Å². The highest BCUT2D eigenvalue weighted by molar-refractivity contribution is 6.15. The van der Waals surface area contributed by atoms with E-state index in [1.54, 1.807) is 45.0 Å². The monoisotopic (exact) mass is 471 g/mol. The lowest BCUT2D eigenvalue weighted by Crippen LogP contribution is -2.47. The smallest absolute Gasteiger partial charge is 0.340 e. The van der Waals surface area contributed by atoms with Crippen LogP contribution in [0.4, 0.5) is 5.69 Å². The van der Waals surface area contributed by atoms with Gasteiger partial charge in [0.1, 0.15) is 0 Å². The highest BCUT2D eigenvalue weighted by Gasteiger charge is 2.32. The maximum atomic E-state index is 13.0. The minimum atomic E-state index is -0.653. The van der Waals surface area contributed by atoms with Gasteiger partial charge in [-0.15, -0.1) is 5.17 Å². The number of fused-ring (bicyclic) bond motifs is 1. The lowest BCUT2D eigenvalue weighted by molar-refractivity contribution is -0.256. The summed E-state index contributed by atoms with van der Waals surface area (Å²) in [5, 5.41) is 2.33. The molecule has 3 rings (SSSR count). The molecular weight excluding hydrogens is 442 g/mol. The van der Waals surface area contributed by atoms with E-state index in [1.807, 2.05) is 0 Å². The first kappa shape index (κ1) is 25.0. The van der Waals surface area contributed by atoms with Gasteiger partial charge in [-0.3, -0.25) is 14.4 Å². The molecule has 0 atom stereocenters. The number of rotatable bonds is 9. The molecule has 0 aromatic heterocycles. The number of hydrogen-bond donors (Lipinski definition) is 1. The summed E-state index contributed by atoms with van der Waals surface area (Å²) in [5.41, 5.74) is 7.73. The fourth-order valence-electron chi connectivity index (χ4n) is 3.90. The molecule has 34 heavy (non-hydrogen) atoms. The van der Waals surface area contributed by atoms with Crippen LogP contribution in [0.2, 0.25) is 0 Å². The van der Waals surface area contributed by atoms with Crippen LogP contribution >= 0.6 is 0 Å². The number of esters is 2. The molecule has 0 bridgehead atoms. The van der Waals surface area contributed by atoms with Crippen molar-refractivity contribution in [3.8, 4) is 11.1 Å². The Morgan fingerprint density at radius 2 is 1.50 bits per heavy atom. The van der Waals surface area contributed by atoms with Gasteiger partial charge in [-0.2, -0.15) is 0 Å². The molecule has 0 saturated carbocycles. The number of nitrogen functional groups attached to an aromatic ring is 1. The lowest BCUT2D eigenvalue weighted by atomic mass is 10.1. The van der Waals surface area contributed by atoms with Crippen molar-refractivity contribution in [3.05, 3.63) is 41.0 Å². The number of carbonyl (C=O) groups excluding carboxylic acids is 4. The second kappa shape index (κ2) is 11.0. The molecule has 3 aliphatic rings. The number of amides is 2. The number of anilines is 1. The van der Waals surface area contributed by atoms with E-state index in [-0.39, 0.29) is 49.0 Å². The van der Waals surface area contributed by atoms with Gasteiger partial charge < -0.3 is 15.2 Å². The summed E-state index contributed by atoms with van der Waals surface area (Å²) >= 11 is 0. The Hall–Kier alpha value is -3.66. The van der Waals surface area contributed by atoms with Crippen molar-refractivity contribution in [2.24, 2.45) is 0 Å². The average Bonchev–Trinajstić information content (AvgIpc) is 3.27. The van der Waals surface area contributed by atoms with E-state index in [9.17, 15) is 19.2 Å². The molecule has 2 aliphatic carbocycles. The second-order valence-corrected chi connectivity index (χ2v) is 7.56. The first-order valence-electron chi connectivity index (χ1n) is 11.3. The summed E-state index contributed by atoms with van der Waals surface area (Å²) in [6, 6.07) is 6.56. The van der Waals surface area contributed by atoms with Crippen molar-refractivity contribution < 1.29 is 33.5 Å².